The number of benzene rings is 2. The number of rotatable bonds is 5. The minimum atomic E-state index is -0.137. The molecule has 0 aromatic heterocycles. The van der Waals surface area contributed by atoms with Crippen molar-refractivity contribution in [1.82, 2.24) is 0 Å². The lowest BCUT2D eigenvalue weighted by Gasteiger charge is -2.13. The molecule has 0 aliphatic carbocycles. The Morgan fingerprint density at radius 1 is 1.19 bits per heavy atom. The van der Waals surface area contributed by atoms with E-state index in [-0.39, 0.29) is 11.2 Å². The Morgan fingerprint density at radius 3 is 2.52 bits per heavy atom. The maximum absolute atomic E-state index is 12.1. The summed E-state index contributed by atoms with van der Waals surface area (Å²) in [6.07, 6.45) is 0. The Kier molecular flexibility index (Phi) is 5.71. The molecule has 2 nitrogen and oxygen atoms in total. The Bertz CT molecular complexity index is 612. The monoisotopic (exact) mass is 319 g/mol. The van der Waals surface area contributed by atoms with Gasteiger partial charge in [0.25, 0.3) is 0 Å². The molecule has 21 heavy (non-hydrogen) atoms. The zero-order chi connectivity index (χ0) is 15.2. The van der Waals surface area contributed by atoms with Crippen molar-refractivity contribution >= 4 is 35.0 Å². The van der Waals surface area contributed by atoms with E-state index in [0.29, 0.717) is 10.7 Å². The van der Waals surface area contributed by atoms with Gasteiger partial charge in [0.2, 0.25) is 5.91 Å². The number of carbonyl (C=O) groups excluding carboxylic acids is 1. The van der Waals surface area contributed by atoms with Crippen molar-refractivity contribution in [2.45, 2.75) is 24.9 Å². The van der Waals surface area contributed by atoms with Crippen LogP contribution in [0.25, 0.3) is 0 Å². The lowest BCUT2D eigenvalue weighted by Crippen LogP contribution is -2.22. The van der Waals surface area contributed by atoms with Crippen molar-refractivity contribution in [3.05, 3.63) is 64.7 Å². The molecule has 1 N–H and O–H groups in total. The molecular weight excluding hydrogens is 302 g/mol. The van der Waals surface area contributed by atoms with E-state index in [0.717, 1.165) is 5.75 Å². The Labute approximate surface area is 134 Å². The number of amides is 1. The molecule has 2 rings (SSSR count). The summed E-state index contributed by atoms with van der Waals surface area (Å²) in [6.45, 7) is 3.97. The van der Waals surface area contributed by atoms with Crippen molar-refractivity contribution in [1.29, 1.82) is 0 Å². The van der Waals surface area contributed by atoms with Crippen LogP contribution in [-0.4, -0.2) is 11.2 Å². The molecule has 0 bridgehead atoms. The maximum atomic E-state index is 12.1. The predicted molar refractivity (Wildman–Crippen MR) is 92.0 cm³/mol. The Balaban J connectivity index is 1.88. The molecule has 0 radical (unpaired) electrons. The fourth-order valence-corrected chi connectivity index (χ4v) is 2.81. The molecule has 0 heterocycles. The molecule has 1 unspecified atom stereocenters. The quantitative estimate of drug-likeness (QED) is 0.848. The maximum Gasteiger partial charge on any atom is 0.237 e. The summed E-state index contributed by atoms with van der Waals surface area (Å²) in [7, 11) is 0. The van der Waals surface area contributed by atoms with E-state index in [1.54, 1.807) is 23.9 Å². The zero-order valence-corrected chi connectivity index (χ0v) is 13.7. The zero-order valence-electron chi connectivity index (χ0n) is 12.1. The second kappa shape index (κ2) is 7.53. The summed E-state index contributed by atoms with van der Waals surface area (Å²) in [5.41, 5.74) is 3.13. The average molecular weight is 320 g/mol. The second-order valence-corrected chi connectivity index (χ2v) is 6.64. The van der Waals surface area contributed by atoms with E-state index in [2.05, 4.69) is 36.5 Å². The van der Waals surface area contributed by atoms with Crippen LogP contribution in [0.2, 0.25) is 5.02 Å². The second-order valence-electron chi connectivity index (χ2n) is 4.91. The normalized spacial score (nSPS) is 12.0. The fraction of sp³-hybridized carbons (Fsp3) is 0.235. The standard InChI is InChI=1S/C17H18ClNOS/c1-12-7-9-14(10-8-12)11-21-13(2)17(20)19-16-6-4-3-5-15(16)18/h3-10,13H,11H2,1-2H3,(H,19,20). The largest absolute Gasteiger partial charge is 0.324 e. The topological polar surface area (TPSA) is 29.1 Å². The lowest BCUT2D eigenvalue weighted by atomic mass is 10.2. The molecule has 0 saturated carbocycles. The smallest absolute Gasteiger partial charge is 0.237 e. The molecule has 0 saturated heterocycles. The fourth-order valence-electron chi connectivity index (χ4n) is 1.78. The number of nitrogens with one attached hydrogen (secondary N) is 1. The highest BCUT2D eigenvalue weighted by Gasteiger charge is 2.14. The van der Waals surface area contributed by atoms with Gasteiger partial charge in [-0.05, 0) is 31.5 Å². The van der Waals surface area contributed by atoms with Crippen LogP contribution in [0, 0.1) is 6.92 Å². The van der Waals surface area contributed by atoms with Crippen molar-refractivity contribution in [2.24, 2.45) is 0 Å². The van der Waals surface area contributed by atoms with Gasteiger partial charge in [-0.3, -0.25) is 4.79 Å². The number of hydrogen-bond donors (Lipinski definition) is 1. The first-order valence-corrected chi connectivity index (χ1v) is 8.21. The summed E-state index contributed by atoms with van der Waals surface area (Å²) in [5.74, 6) is 0.789. The molecule has 2 aromatic rings. The minimum Gasteiger partial charge on any atom is -0.324 e. The van der Waals surface area contributed by atoms with Gasteiger partial charge in [-0.15, -0.1) is 11.8 Å². The summed E-state index contributed by atoms with van der Waals surface area (Å²) in [4.78, 5) is 12.1. The van der Waals surface area contributed by atoms with Crippen LogP contribution in [0.4, 0.5) is 5.69 Å². The van der Waals surface area contributed by atoms with Crippen LogP contribution < -0.4 is 5.32 Å². The molecule has 0 aliphatic rings. The average Bonchev–Trinajstić information content (AvgIpc) is 2.48. The highest BCUT2D eigenvalue weighted by Crippen LogP contribution is 2.23. The van der Waals surface area contributed by atoms with Gasteiger partial charge in [0, 0.05) is 5.75 Å². The summed E-state index contributed by atoms with van der Waals surface area (Å²) in [6, 6.07) is 15.6. The molecule has 0 spiro atoms. The number of carbonyl (C=O) groups is 1. The highest BCUT2D eigenvalue weighted by molar-refractivity contribution is 7.99. The van der Waals surface area contributed by atoms with Crippen LogP contribution in [-0.2, 0) is 10.5 Å². The molecule has 110 valence electrons. The summed E-state index contributed by atoms with van der Waals surface area (Å²) >= 11 is 7.65. The van der Waals surface area contributed by atoms with Gasteiger partial charge in [0.05, 0.1) is 16.0 Å². The minimum absolute atomic E-state index is 0.0276. The van der Waals surface area contributed by atoms with Crippen LogP contribution >= 0.6 is 23.4 Å². The lowest BCUT2D eigenvalue weighted by molar-refractivity contribution is -0.115. The van der Waals surface area contributed by atoms with Gasteiger partial charge in [-0.1, -0.05) is 53.6 Å². The number of hydrogen-bond acceptors (Lipinski definition) is 2. The number of anilines is 1. The van der Waals surface area contributed by atoms with Crippen LogP contribution in [0.3, 0.4) is 0 Å². The van der Waals surface area contributed by atoms with E-state index >= 15 is 0 Å². The van der Waals surface area contributed by atoms with Gasteiger partial charge in [-0.25, -0.2) is 0 Å². The van der Waals surface area contributed by atoms with E-state index in [4.69, 9.17) is 11.6 Å². The third-order valence-corrected chi connectivity index (χ3v) is 4.67. The predicted octanol–water partition coefficient (Wildman–Crippen LogP) is 4.91. The number of aryl methyl sites for hydroxylation is 1. The molecule has 1 amide bonds. The number of thioether (sulfide) groups is 1. The van der Waals surface area contributed by atoms with Gasteiger partial charge in [0.1, 0.15) is 0 Å². The van der Waals surface area contributed by atoms with Gasteiger partial charge < -0.3 is 5.32 Å². The highest BCUT2D eigenvalue weighted by atomic mass is 35.5. The first-order valence-electron chi connectivity index (χ1n) is 6.79. The van der Waals surface area contributed by atoms with Crippen LogP contribution in [0.1, 0.15) is 18.1 Å². The Morgan fingerprint density at radius 2 is 1.86 bits per heavy atom. The summed E-state index contributed by atoms with van der Waals surface area (Å²) < 4.78 is 0. The summed E-state index contributed by atoms with van der Waals surface area (Å²) in [5, 5.41) is 3.28. The molecule has 1 atom stereocenters. The number of para-hydroxylation sites is 1. The first kappa shape index (κ1) is 15.9. The molecular formula is C17H18ClNOS. The van der Waals surface area contributed by atoms with Crippen LogP contribution in [0.15, 0.2) is 48.5 Å². The van der Waals surface area contributed by atoms with Gasteiger partial charge in [0.15, 0.2) is 0 Å². The van der Waals surface area contributed by atoms with Gasteiger partial charge >= 0.3 is 0 Å². The molecule has 2 aromatic carbocycles. The molecule has 0 fully saturated rings. The van der Waals surface area contributed by atoms with E-state index in [1.165, 1.54) is 11.1 Å². The van der Waals surface area contributed by atoms with Crippen molar-refractivity contribution in [3.8, 4) is 0 Å². The van der Waals surface area contributed by atoms with Gasteiger partial charge in [-0.2, -0.15) is 0 Å². The first-order chi connectivity index (χ1) is 10.1. The SMILES string of the molecule is Cc1ccc(CSC(C)C(=O)Nc2ccccc2Cl)cc1. The van der Waals surface area contributed by atoms with Crippen LogP contribution in [0.5, 0.6) is 0 Å². The molecule has 4 heteroatoms. The van der Waals surface area contributed by atoms with E-state index in [9.17, 15) is 4.79 Å². The van der Waals surface area contributed by atoms with E-state index < -0.39 is 0 Å². The Hall–Kier alpha value is -1.45. The third-order valence-electron chi connectivity index (χ3n) is 3.12. The van der Waals surface area contributed by atoms with Crippen molar-refractivity contribution < 1.29 is 4.79 Å². The third kappa shape index (κ3) is 4.80. The van der Waals surface area contributed by atoms with Crippen molar-refractivity contribution in [3.63, 3.8) is 0 Å². The van der Waals surface area contributed by atoms with Crippen molar-refractivity contribution in [2.75, 3.05) is 5.32 Å². The van der Waals surface area contributed by atoms with E-state index in [1.807, 2.05) is 19.1 Å². The number of halogens is 1. The molecule has 0 aliphatic heterocycles.